The number of hydrogen-bond acceptors (Lipinski definition) is 8. The molecule has 0 radical (unpaired) electrons. The van der Waals surface area contributed by atoms with Crippen LogP contribution in [-0.2, 0) is 9.47 Å². The molecule has 36 heavy (non-hydrogen) atoms. The molecule has 186 valence electrons. The number of nitrogens with zero attached hydrogens (tertiary/aromatic N) is 2. The summed E-state index contributed by atoms with van der Waals surface area (Å²) in [6.07, 6.45) is 3.36. The van der Waals surface area contributed by atoms with Gasteiger partial charge in [0.15, 0.2) is 11.4 Å². The fourth-order valence-electron chi connectivity index (χ4n) is 3.39. The zero-order valence-corrected chi connectivity index (χ0v) is 22.0. The maximum absolute atomic E-state index is 13.1. The van der Waals surface area contributed by atoms with Gasteiger partial charge in [0.2, 0.25) is 0 Å². The van der Waals surface area contributed by atoms with Crippen LogP contribution in [0, 0.1) is 0 Å². The SMILES string of the molecule is CCCCOC(=O)c1nc(-c2ccccc2)sc1-c1sc(-c2ccccc2)nc1C(=O)OCCCC. The molecule has 0 aliphatic heterocycles. The molecule has 6 nitrogen and oxygen atoms in total. The molecular weight excluding hydrogens is 492 g/mol. The number of aromatic nitrogens is 2. The van der Waals surface area contributed by atoms with Gasteiger partial charge in [-0.1, -0.05) is 87.4 Å². The van der Waals surface area contributed by atoms with Gasteiger partial charge in [-0.25, -0.2) is 19.6 Å². The Morgan fingerprint density at radius 2 is 1.06 bits per heavy atom. The van der Waals surface area contributed by atoms with Crippen molar-refractivity contribution in [3.63, 3.8) is 0 Å². The quantitative estimate of drug-likeness (QED) is 0.150. The van der Waals surface area contributed by atoms with Gasteiger partial charge in [-0.3, -0.25) is 0 Å². The van der Waals surface area contributed by atoms with Gasteiger partial charge in [0.25, 0.3) is 0 Å². The Morgan fingerprint density at radius 3 is 1.42 bits per heavy atom. The van der Waals surface area contributed by atoms with Gasteiger partial charge in [-0.05, 0) is 12.8 Å². The summed E-state index contributed by atoms with van der Waals surface area (Å²) >= 11 is 2.70. The lowest BCUT2D eigenvalue weighted by Crippen LogP contribution is -2.10. The van der Waals surface area contributed by atoms with Gasteiger partial charge in [0.05, 0.1) is 23.0 Å². The summed E-state index contributed by atoms with van der Waals surface area (Å²) in [5.41, 5.74) is 2.16. The molecule has 4 aromatic rings. The minimum Gasteiger partial charge on any atom is -0.461 e. The van der Waals surface area contributed by atoms with E-state index in [1.54, 1.807) is 0 Å². The maximum Gasteiger partial charge on any atom is 0.358 e. The number of thiazole rings is 2. The van der Waals surface area contributed by atoms with Crippen LogP contribution >= 0.6 is 22.7 Å². The molecule has 0 saturated carbocycles. The highest BCUT2D eigenvalue weighted by Gasteiger charge is 2.29. The Hall–Kier alpha value is -3.36. The van der Waals surface area contributed by atoms with Crippen LogP contribution in [0.15, 0.2) is 60.7 Å². The third-order valence-electron chi connectivity index (χ3n) is 5.35. The van der Waals surface area contributed by atoms with E-state index in [1.807, 2.05) is 74.5 Å². The molecule has 0 spiro atoms. The zero-order chi connectivity index (χ0) is 25.3. The van der Waals surface area contributed by atoms with Crippen molar-refractivity contribution >= 4 is 34.6 Å². The lowest BCUT2D eigenvalue weighted by atomic mass is 10.2. The fraction of sp³-hybridized carbons (Fsp3) is 0.286. The molecule has 0 unspecified atom stereocenters. The first-order chi connectivity index (χ1) is 17.6. The summed E-state index contributed by atoms with van der Waals surface area (Å²) in [6, 6.07) is 19.3. The molecule has 0 aliphatic carbocycles. The fourth-order valence-corrected chi connectivity index (χ4v) is 5.64. The number of carbonyl (C=O) groups excluding carboxylic acids is 2. The molecule has 0 N–H and O–H groups in total. The average Bonchev–Trinajstić information content (AvgIpc) is 3.55. The van der Waals surface area contributed by atoms with Gasteiger partial charge in [-0.2, -0.15) is 0 Å². The highest BCUT2D eigenvalue weighted by molar-refractivity contribution is 7.25. The molecule has 0 aliphatic rings. The van der Waals surface area contributed by atoms with Crippen LogP contribution in [-0.4, -0.2) is 35.1 Å². The first-order valence-electron chi connectivity index (χ1n) is 12.1. The molecule has 0 amide bonds. The number of carbonyl (C=O) groups is 2. The van der Waals surface area contributed by atoms with E-state index >= 15 is 0 Å². The lowest BCUT2D eigenvalue weighted by molar-refractivity contribution is 0.0483. The monoisotopic (exact) mass is 520 g/mol. The normalized spacial score (nSPS) is 10.8. The lowest BCUT2D eigenvalue weighted by Gasteiger charge is -2.05. The van der Waals surface area contributed by atoms with Gasteiger partial charge < -0.3 is 9.47 Å². The Balaban J connectivity index is 1.82. The minimum atomic E-state index is -0.503. The molecule has 2 aromatic carbocycles. The zero-order valence-electron chi connectivity index (χ0n) is 20.4. The van der Waals surface area contributed by atoms with Crippen molar-refractivity contribution < 1.29 is 19.1 Å². The summed E-state index contributed by atoms with van der Waals surface area (Å²) < 4.78 is 11.0. The summed E-state index contributed by atoms with van der Waals surface area (Å²) in [5.74, 6) is -1.01. The van der Waals surface area contributed by atoms with Crippen molar-refractivity contribution in [2.45, 2.75) is 39.5 Å². The molecule has 0 fully saturated rings. The Kier molecular flexibility index (Phi) is 8.97. The summed E-state index contributed by atoms with van der Waals surface area (Å²) in [4.78, 5) is 36.7. The van der Waals surface area contributed by atoms with E-state index in [-0.39, 0.29) is 11.4 Å². The number of esters is 2. The first-order valence-corrected chi connectivity index (χ1v) is 13.7. The van der Waals surface area contributed by atoms with Crippen molar-refractivity contribution in [3.05, 3.63) is 72.1 Å². The van der Waals surface area contributed by atoms with Crippen molar-refractivity contribution in [3.8, 4) is 30.9 Å². The number of rotatable bonds is 11. The molecule has 0 bridgehead atoms. The number of unbranched alkanes of at least 4 members (excludes halogenated alkanes) is 2. The summed E-state index contributed by atoms with van der Waals surface area (Å²) in [7, 11) is 0. The van der Waals surface area contributed by atoms with E-state index in [0.717, 1.165) is 36.8 Å². The second-order valence-corrected chi connectivity index (χ2v) is 10.1. The van der Waals surface area contributed by atoms with E-state index in [2.05, 4.69) is 9.97 Å². The van der Waals surface area contributed by atoms with Crippen LogP contribution in [0.4, 0.5) is 0 Å². The van der Waals surface area contributed by atoms with Gasteiger partial charge in [0.1, 0.15) is 10.0 Å². The number of ether oxygens (including phenoxy) is 2. The topological polar surface area (TPSA) is 78.4 Å². The molecule has 0 atom stereocenters. The van der Waals surface area contributed by atoms with Crippen molar-refractivity contribution in [1.82, 2.24) is 9.97 Å². The Morgan fingerprint density at radius 1 is 0.667 bits per heavy atom. The van der Waals surface area contributed by atoms with Crippen LogP contribution in [0.3, 0.4) is 0 Å². The minimum absolute atomic E-state index is 0.195. The summed E-state index contributed by atoms with van der Waals surface area (Å²) in [6.45, 7) is 4.70. The van der Waals surface area contributed by atoms with Gasteiger partial charge in [0, 0.05) is 11.1 Å². The predicted octanol–water partition coefficient (Wildman–Crippen LogP) is 7.51. The predicted molar refractivity (Wildman–Crippen MR) is 144 cm³/mol. The molecule has 0 saturated heterocycles. The molecule has 2 aromatic heterocycles. The largest absolute Gasteiger partial charge is 0.461 e. The Labute approximate surface area is 219 Å². The highest BCUT2D eigenvalue weighted by atomic mass is 32.1. The summed E-state index contributed by atoms with van der Waals surface area (Å²) in [5, 5.41) is 1.35. The van der Waals surface area contributed by atoms with Crippen LogP contribution < -0.4 is 0 Å². The molecular formula is C28H28N2O4S2. The van der Waals surface area contributed by atoms with Gasteiger partial charge >= 0.3 is 11.9 Å². The van der Waals surface area contributed by atoms with Crippen molar-refractivity contribution in [2.24, 2.45) is 0 Å². The Bertz CT molecular complexity index is 1200. The second-order valence-electron chi connectivity index (χ2n) is 8.10. The molecule has 2 heterocycles. The standard InChI is InChI=1S/C28H28N2O4S2/c1-3-5-17-33-27(31)21-23(35-25(29-21)19-13-9-7-10-14-19)24-22(28(32)34-18-6-4-2)30-26(36-24)20-15-11-8-12-16-20/h7-16H,3-6,17-18H2,1-2H3. The van der Waals surface area contributed by atoms with Crippen LogP contribution in [0.2, 0.25) is 0 Å². The third kappa shape index (κ3) is 6.06. The first kappa shape index (κ1) is 25.7. The molecule has 4 rings (SSSR count). The van der Waals surface area contributed by atoms with Crippen LogP contribution in [0.25, 0.3) is 30.9 Å². The van der Waals surface area contributed by atoms with Crippen LogP contribution in [0.5, 0.6) is 0 Å². The van der Waals surface area contributed by atoms with E-state index in [4.69, 9.17) is 9.47 Å². The number of hydrogen-bond donors (Lipinski definition) is 0. The average molecular weight is 521 g/mol. The highest BCUT2D eigenvalue weighted by Crippen LogP contribution is 2.43. The van der Waals surface area contributed by atoms with E-state index < -0.39 is 11.9 Å². The van der Waals surface area contributed by atoms with Gasteiger partial charge in [-0.15, -0.1) is 22.7 Å². The van der Waals surface area contributed by atoms with E-state index in [0.29, 0.717) is 33.0 Å². The second kappa shape index (κ2) is 12.6. The number of benzene rings is 2. The van der Waals surface area contributed by atoms with Crippen molar-refractivity contribution in [2.75, 3.05) is 13.2 Å². The molecule has 8 heteroatoms. The van der Waals surface area contributed by atoms with E-state index in [9.17, 15) is 9.59 Å². The van der Waals surface area contributed by atoms with Crippen molar-refractivity contribution in [1.29, 1.82) is 0 Å². The van der Waals surface area contributed by atoms with E-state index in [1.165, 1.54) is 22.7 Å². The van der Waals surface area contributed by atoms with Crippen LogP contribution in [0.1, 0.15) is 60.5 Å². The maximum atomic E-state index is 13.1. The third-order valence-corrected chi connectivity index (χ3v) is 7.72. The smallest absolute Gasteiger partial charge is 0.358 e.